The number of halogens is 6. The maximum atomic E-state index is 11.3. The average molecular weight is 774 g/mol. The monoisotopic (exact) mass is 770 g/mol. The first-order chi connectivity index (χ1) is 19.5. The molecular formula is C30H16Br2Cl4O4S. The molecule has 0 bridgehead atoms. The topological polar surface area (TPSA) is 74.6 Å². The number of benzene rings is 4. The van der Waals surface area contributed by atoms with E-state index in [1.807, 2.05) is 60.7 Å². The minimum atomic E-state index is -1.13. The van der Waals surface area contributed by atoms with Crippen LogP contribution in [-0.2, 0) is 9.59 Å². The molecule has 11 heteroatoms. The van der Waals surface area contributed by atoms with E-state index in [1.165, 1.54) is 23.9 Å². The van der Waals surface area contributed by atoms with Gasteiger partial charge in [0.2, 0.25) is 0 Å². The van der Waals surface area contributed by atoms with Gasteiger partial charge in [-0.25, -0.2) is 9.59 Å². The second-order valence-corrected chi connectivity index (χ2v) is 12.8. The lowest BCUT2D eigenvalue weighted by Gasteiger charge is -2.17. The molecule has 0 amide bonds. The largest absolute Gasteiger partial charge is 0.478 e. The molecule has 4 nitrogen and oxygen atoms in total. The summed E-state index contributed by atoms with van der Waals surface area (Å²) in [4.78, 5) is 23.7. The van der Waals surface area contributed by atoms with Gasteiger partial charge in [0.05, 0.1) is 20.1 Å². The van der Waals surface area contributed by atoms with Crippen LogP contribution in [-0.4, -0.2) is 22.2 Å². The average Bonchev–Trinajstić information content (AvgIpc) is 2.92. The highest BCUT2D eigenvalue weighted by molar-refractivity contribution is 9.10. The third-order valence-electron chi connectivity index (χ3n) is 5.70. The van der Waals surface area contributed by atoms with Crippen molar-refractivity contribution >= 4 is 114 Å². The number of aliphatic carboxylic acids is 2. The van der Waals surface area contributed by atoms with Crippen LogP contribution in [0.25, 0.3) is 34.4 Å². The fourth-order valence-corrected chi connectivity index (χ4v) is 6.89. The van der Waals surface area contributed by atoms with Crippen LogP contribution < -0.4 is 0 Å². The summed E-state index contributed by atoms with van der Waals surface area (Å²) in [6.07, 6.45) is 4.80. The molecule has 4 rings (SSSR count). The normalized spacial score (nSPS) is 11.5. The van der Waals surface area contributed by atoms with Crippen molar-refractivity contribution in [3.05, 3.63) is 113 Å². The zero-order chi connectivity index (χ0) is 29.8. The zero-order valence-corrected chi connectivity index (χ0v) is 27.5. The molecular weight excluding hydrogens is 758 g/mol. The lowest BCUT2D eigenvalue weighted by atomic mass is 9.99. The Bertz CT molecular complexity index is 1630. The number of rotatable bonds is 8. The second kappa shape index (κ2) is 13.8. The molecule has 0 aliphatic rings. The van der Waals surface area contributed by atoms with Gasteiger partial charge in [0.1, 0.15) is 0 Å². The fourth-order valence-electron chi connectivity index (χ4n) is 3.93. The van der Waals surface area contributed by atoms with E-state index in [9.17, 15) is 19.8 Å². The lowest BCUT2D eigenvalue weighted by molar-refractivity contribution is -0.132. The third-order valence-corrected chi connectivity index (χ3v) is 9.76. The zero-order valence-electron chi connectivity index (χ0n) is 20.5. The molecule has 0 heterocycles. The quantitative estimate of drug-likeness (QED) is 0.174. The Balaban J connectivity index is 1.94. The van der Waals surface area contributed by atoms with Crippen molar-refractivity contribution < 1.29 is 19.8 Å². The van der Waals surface area contributed by atoms with Gasteiger partial charge in [-0.2, -0.15) is 0 Å². The van der Waals surface area contributed by atoms with Crippen LogP contribution in [0.2, 0.25) is 20.1 Å². The molecule has 0 aromatic heterocycles. The molecule has 2 N–H and O–H groups in total. The van der Waals surface area contributed by atoms with Crippen molar-refractivity contribution in [2.24, 2.45) is 0 Å². The van der Waals surface area contributed by atoms with Gasteiger partial charge in [-0.3, -0.25) is 0 Å². The van der Waals surface area contributed by atoms with Crippen molar-refractivity contribution in [3.63, 3.8) is 0 Å². The van der Waals surface area contributed by atoms with E-state index in [0.29, 0.717) is 32.0 Å². The Kier molecular flexibility index (Phi) is 10.7. The standard InChI is InChI=1S/C30H16Br2Cl4O4S/c31-17-5-1-3-15(11-17)21-13-23(29(35)27(33)19(21)7-9-25(37)38)41-24-14-22(16-4-2-6-18(32)12-16)20(8-10-26(39)40)28(34)30(24)36/h1-14H,(H,37,38)(H,39,40)/b9-7+,10-8+. The van der Waals surface area contributed by atoms with E-state index >= 15 is 0 Å². The minimum Gasteiger partial charge on any atom is -0.478 e. The number of carboxylic acid groups (broad SMARTS) is 2. The van der Waals surface area contributed by atoms with Crippen LogP contribution in [0.15, 0.2) is 91.6 Å². The van der Waals surface area contributed by atoms with Crippen molar-refractivity contribution in [2.75, 3.05) is 0 Å². The molecule has 0 aliphatic carbocycles. The van der Waals surface area contributed by atoms with Crippen LogP contribution in [0.1, 0.15) is 11.1 Å². The number of hydrogen-bond donors (Lipinski definition) is 2. The summed E-state index contributed by atoms with van der Waals surface area (Å²) in [5.41, 5.74) is 3.73. The summed E-state index contributed by atoms with van der Waals surface area (Å²) in [5, 5.41) is 19.2. The van der Waals surface area contributed by atoms with Crippen LogP contribution in [0.4, 0.5) is 0 Å². The summed E-state index contributed by atoms with van der Waals surface area (Å²) in [6.45, 7) is 0. The molecule has 0 atom stereocenters. The number of carboxylic acids is 2. The lowest BCUT2D eigenvalue weighted by Crippen LogP contribution is -1.94. The molecule has 208 valence electrons. The molecule has 0 saturated carbocycles. The fraction of sp³-hybridized carbons (Fsp3) is 0. The molecule has 0 saturated heterocycles. The molecule has 0 spiro atoms. The van der Waals surface area contributed by atoms with E-state index in [4.69, 9.17) is 46.4 Å². The SMILES string of the molecule is O=C(O)/C=C/c1c(-c2cccc(Br)c2)cc(Sc2cc(-c3cccc(Br)c3)c(/C=C/C(=O)O)c(Cl)c2Cl)c(Cl)c1Cl. The maximum Gasteiger partial charge on any atom is 0.328 e. The van der Waals surface area contributed by atoms with Crippen molar-refractivity contribution in [1.82, 2.24) is 0 Å². The molecule has 0 radical (unpaired) electrons. The Morgan fingerprint density at radius 1 is 0.634 bits per heavy atom. The Morgan fingerprint density at radius 3 is 1.37 bits per heavy atom. The number of carbonyl (C=O) groups is 2. The van der Waals surface area contributed by atoms with Gasteiger partial charge in [0.15, 0.2) is 0 Å². The van der Waals surface area contributed by atoms with Gasteiger partial charge < -0.3 is 10.2 Å². The third kappa shape index (κ3) is 7.59. The molecule has 0 unspecified atom stereocenters. The van der Waals surface area contributed by atoms with Gasteiger partial charge in [-0.1, -0.05) is 114 Å². The summed E-state index contributed by atoms with van der Waals surface area (Å²) in [5.74, 6) is -2.26. The van der Waals surface area contributed by atoms with Gasteiger partial charge in [0, 0.05) is 42.0 Å². The predicted molar refractivity (Wildman–Crippen MR) is 177 cm³/mol. The molecule has 41 heavy (non-hydrogen) atoms. The first kappa shape index (κ1) is 31.7. The van der Waals surface area contributed by atoms with Crippen molar-refractivity contribution in [2.45, 2.75) is 9.79 Å². The van der Waals surface area contributed by atoms with Gasteiger partial charge >= 0.3 is 11.9 Å². The molecule has 0 aliphatic heterocycles. The van der Waals surface area contributed by atoms with Crippen LogP contribution in [0, 0.1) is 0 Å². The van der Waals surface area contributed by atoms with Gasteiger partial charge in [-0.05, 0) is 70.8 Å². The summed E-state index contributed by atoms with van der Waals surface area (Å²) >= 11 is 35.1. The highest BCUT2D eigenvalue weighted by Crippen LogP contribution is 2.49. The first-order valence-electron chi connectivity index (χ1n) is 11.5. The minimum absolute atomic E-state index is 0.166. The second-order valence-electron chi connectivity index (χ2n) is 8.39. The highest BCUT2D eigenvalue weighted by Gasteiger charge is 2.21. The molecule has 4 aromatic rings. The van der Waals surface area contributed by atoms with Crippen LogP contribution in [0.5, 0.6) is 0 Å². The Hall–Kier alpha value is -2.23. The van der Waals surface area contributed by atoms with Crippen LogP contribution in [0.3, 0.4) is 0 Å². The van der Waals surface area contributed by atoms with Gasteiger partial charge in [0.25, 0.3) is 0 Å². The van der Waals surface area contributed by atoms with E-state index in [-0.39, 0.29) is 20.1 Å². The Labute approximate surface area is 276 Å². The Morgan fingerprint density at radius 2 is 1.02 bits per heavy atom. The summed E-state index contributed by atoms with van der Waals surface area (Å²) in [7, 11) is 0. The number of hydrogen-bond acceptors (Lipinski definition) is 3. The smallest absolute Gasteiger partial charge is 0.328 e. The summed E-state index contributed by atoms with van der Waals surface area (Å²) < 4.78 is 1.64. The van der Waals surface area contributed by atoms with Crippen molar-refractivity contribution in [3.8, 4) is 22.3 Å². The van der Waals surface area contributed by atoms with E-state index in [2.05, 4.69) is 31.9 Å². The van der Waals surface area contributed by atoms with Gasteiger partial charge in [-0.15, -0.1) is 0 Å². The summed E-state index contributed by atoms with van der Waals surface area (Å²) in [6, 6.07) is 18.6. The molecule has 0 fully saturated rings. The first-order valence-corrected chi connectivity index (χ1v) is 15.4. The van der Waals surface area contributed by atoms with E-state index < -0.39 is 11.9 Å². The predicted octanol–water partition coefficient (Wildman–Crippen LogP) is 11.5. The highest BCUT2D eigenvalue weighted by atomic mass is 79.9. The van der Waals surface area contributed by atoms with E-state index in [0.717, 1.165) is 32.2 Å². The maximum absolute atomic E-state index is 11.3. The van der Waals surface area contributed by atoms with Crippen LogP contribution >= 0.6 is 90.0 Å². The molecule has 4 aromatic carbocycles. The van der Waals surface area contributed by atoms with E-state index in [1.54, 1.807) is 0 Å². The van der Waals surface area contributed by atoms with Crippen molar-refractivity contribution in [1.29, 1.82) is 0 Å².